The molecular formula is C16H24ClFN2O. The molecule has 0 radical (unpaired) electrons. The van der Waals surface area contributed by atoms with E-state index in [9.17, 15) is 9.18 Å². The van der Waals surface area contributed by atoms with Gasteiger partial charge in [0.1, 0.15) is 5.82 Å². The third kappa shape index (κ3) is 4.17. The van der Waals surface area contributed by atoms with Crippen LogP contribution in [-0.2, 0) is 10.2 Å². The van der Waals surface area contributed by atoms with Gasteiger partial charge in [0.15, 0.2) is 0 Å². The summed E-state index contributed by atoms with van der Waals surface area (Å²) in [6.07, 6.45) is 0.937. The van der Waals surface area contributed by atoms with Crippen LogP contribution in [0.25, 0.3) is 0 Å². The van der Waals surface area contributed by atoms with E-state index in [1.165, 1.54) is 12.1 Å². The summed E-state index contributed by atoms with van der Waals surface area (Å²) >= 11 is 0. The molecule has 0 spiro atoms. The zero-order valence-corrected chi connectivity index (χ0v) is 13.6. The molecule has 3 nitrogen and oxygen atoms in total. The molecule has 5 heteroatoms. The first-order valence-electron chi connectivity index (χ1n) is 7.19. The zero-order chi connectivity index (χ0) is 14.8. The van der Waals surface area contributed by atoms with E-state index < -0.39 is 5.41 Å². The van der Waals surface area contributed by atoms with E-state index in [1.54, 1.807) is 12.1 Å². The molecule has 1 amide bonds. The average molecular weight is 315 g/mol. The van der Waals surface area contributed by atoms with Gasteiger partial charge in [0.05, 0.1) is 5.41 Å². The summed E-state index contributed by atoms with van der Waals surface area (Å²) in [6, 6.07) is 6.47. The molecule has 1 saturated heterocycles. The molecule has 21 heavy (non-hydrogen) atoms. The lowest BCUT2D eigenvalue weighted by Gasteiger charge is -2.33. The SMILES string of the molecule is CC1CNCCC1NC(=O)C(C)(C)c1cccc(F)c1.Cl. The topological polar surface area (TPSA) is 41.1 Å². The van der Waals surface area contributed by atoms with Crippen molar-refractivity contribution in [2.24, 2.45) is 5.92 Å². The van der Waals surface area contributed by atoms with Gasteiger partial charge in [0.25, 0.3) is 0 Å². The molecule has 2 unspecified atom stereocenters. The van der Waals surface area contributed by atoms with Crippen molar-refractivity contribution in [1.29, 1.82) is 0 Å². The van der Waals surface area contributed by atoms with Crippen LogP contribution in [0, 0.1) is 11.7 Å². The molecule has 1 aliphatic rings. The van der Waals surface area contributed by atoms with Crippen LogP contribution in [0.5, 0.6) is 0 Å². The van der Waals surface area contributed by atoms with Crippen LogP contribution in [0.3, 0.4) is 0 Å². The van der Waals surface area contributed by atoms with E-state index in [0.717, 1.165) is 19.5 Å². The van der Waals surface area contributed by atoms with Gasteiger partial charge < -0.3 is 10.6 Å². The summed E-state index contributed by atoms with van der Waals surface area (Å²) in [7, 11) is 0. The first-order valence-corrected chi connectivity index (χ1v) is 7.19. The van der Waals surface area contributed by atoms with Gasteiger partial charge in [-0.25, -0.2) is 4.39 Å². The number of benzene rings is 1. The smallest absolute Gasteiger partial charge is 0.230 e. The fraction of sp³-hybridized carbons (Fsp3) is 0.562. The minimum atomic E-state index is -0.729. The molecule has 1 aromatic carbocycles. The standard InChI is InChI=1S/C16H23FN2O.ClH/c1-11-10-18-8-7-14(11)19-15(20)16(2,3)12-5-4-6-13(17)9-12;/h4-6,9,11,14,18H,7-8,10H2,1-3H3,(H,19,20);1H. The van der Waals surface area contributed by atoms with Crippen molar-refractivity contribution < 1.29 is 9.18 Å². The first-order chi connectivity index (χ1) is 9.41. The third-order valence-electron chi connectivity index (χ3n) is 4.22. The third-order valence-corrected chi connectivity index (χ3v) is 4.22. The summed E-state index contributed by atoms with van der Waals surface area (Å²) in [6.45, 7) is 7.65. The van der Waals surface area contributed by atoms with Crippen molar-refractivity contribution >= 4 is 18.3 Å². The van der Waals surface area contributed by atoms with Crippen molar-refractivity contribution in [3.63, 3.8) is 0 Å². The number of piperidine rings is 1. The van der Waals surface area contributed by atoms with Crippen molar-refractivity contribution in [2.45, 2.75) is 38.6 Å². The highest BCUT2D eigenvalue weighted by atomic mass is 35.5. The van der Waals surface area contributed by atoms with Crippen LogP contribution in [0.2, 0.25) is 0 Å². The quantitative estimate of drug-likeness (QED) is 0.900. The number of carbonyl (C=O) groups is 1. The Kier molecular flexibility index (Phi) is 6.17. The van der Waals surface area contributed by atoms with Gasteiger partial charge in [-0.05, 0) is 57.0 Å². The number of carbonyl (C=O) groups excluding carboxylic acids is 1. The summed E-state index contributed by atoms with van der Waals surface area (Å²) < 4.78 is 13.3. The summed E-state index contributed by atoms with van der Waals surface area (Å²) in [5, 5.41) is 6.44. The fourth-order valence-corrected chi connectivity index (χ4v) is 2.59. The lowest BCUT2D eigenvalue weighted by Crippen LogP contribution is -2.52. The highest BCUT2D eigenvalue weighted by molar-refractivity contribution is 5.87. The highest BCUT2D eigenvalue weighted by Gasteiger charge is 2.33. The lowest BCUT2D eigenvalue weighted by molar-refractivity contribution is -0.126. The molecule has 0 aliphatic carbocycles. The maximum atomic E-state index is 13.3. The van der Waals surface area contributed by atoms with Gasteiger partial charge in [0.2, 0.25) is 5.91 Å². The molecule has 0 saturated carbocycles. The molecular weight excluding hydrogens is 291 g/mol. The second-order valence-corrected chi connectivity index (χ2v) is 6.19. The van der Waals surface area contributed by atoms with E-state index in [-0.39, 0.29) is 30.2 Å². The lowest BCUT2D eigenvalue weighted by atomic mass is 9.82. The van der Waals surface area contributed by atoms with Crippen LogP contribution in [0.1, 0.15) is 32.8 Å². The Morgan fingerprint density at radius 3 is 2.76 bits per heavy atom. The second kappa shape index (κ2) is 7.23. The molecule has 1 heterocycles. The van der Waals surface area contributed by atoms with Crippen molar-refractivity contribution in [2.75, 3.05) is 13.1 Å². The second-order valence-electron chi connectivity index (χ2n) is 6.19. The van der Waals surface area contributed by atoms with Gasteiger partial charge in [0, 0.05) is 6.04 Å². The summed E-state index contributed by atoms with van der Waals surface area (Å²) in [5.74, 6) is 0.0662. The Bertz CT molecular complexity index is 493. The Hall–Kier alpha value is -1.13. The van der Waals surface area contributed by atoms with E-state index >= 15 is 0 Å². The van der Waals surface area contributed by atoms with Crippen LogP contribution in [-0.4, -0.2) is 25.0 Å². The minimum absolute atomic E-state index is 0. The molecule has 2 rings (SSSR count). The van der Waals surface area contributed by atoms with Crippen molar-refractivity contribution in [1.82, 2.24) is 10.6 Å². The predicted molar refractivity (Wildman–Crippen MR) is 85.3 cm³/mol. The Morgan fingerprint density at radius 2 is 2.14 bits per heavy atom. The van der Waals surface area contributed by atoms with Gasteiger partial charge in [-0.1, -0.05) is 19.1 Å². The summed E-state index contributed by atoms with van der Waals surface area (Å²) in [4.78, 5) is 12.5. The van der Waals surface area contributed by atoms with Crippen LogP contribution in [0.15, 0.2) is 24.3 Å². The highest BCUT2D eigenvalue weighted by Crippen LogP contribution is 2.25. The molecule has 118 valence electrons. The van der Waals surface area contributed by atoms with E-state index in [1.807, 2.05) is 13.8 Å². The Balaban J connectivity index is 0.00000220. The molecule has 1 aliphatic heterocycles. The largest absolute Gasteiger partial charge is 0.352 e. The maximum absolute atomic E-state index is 13.3. The number of hydrogen-bond acceptors (Lipinski definition) is 2. The molecule has 2 N–H and O–H groups in total. The number of hydrogen-bond donors (Lipinski definition) is 2. The minimum Gasteiger partial charge on any atom is -0.352 e. The predicted octanol–water partition coefficient (Wildman–Crippen LogP) is 2.64. The van der Waals surface area contributed by atoms with Crippen LogP contribution >= 0.6 is 12.4 Å². The number of nitrogens with one attached hydrogen (secondary N) is 2. The normalized spacial score (nSPS) is 22.3. The van der Waals surface area contributed by atoms with E-state index in [2.05, 4.69) is 17.6 Å². The molecule has 0 aromatic heterocycles. The average Bonchev–Trinajstić information content (AvgIpc) is 2.41. The number of halogens is 2. The van der Waals surface area contributed by atoms with E-state index in [0.29, 0.717) is 11.5 Å². The van der Waals surface area contributed by atoms with Gasteiger partial charge >= 0.3 is 0 Å². The van der Waals surface area contributed by atoms with Crippen LogP contribution < -0.4 is 10.6 Å². The fourth-order valence-electron chi connectivity index (χ4n) is 2.59. The molecule has 1 aromatic rings. The van der Waals surface area contributed by atoms with Crippen molar-refractivity contribution in [3.8, 4) is 0 Å². The van der Waals surface area contributed by atoms with Gasteiger partial charge in [-0.3, -0.25) is 4.79 Å². The molecule has 1 fully saturated rings. The summed E-state index contributed by atoms with van der Waals surface area (Å²) in [5.41, 5.74) is -0.0243. The molecule has 0 bridgehead atoms. The van der Waals surface area contributed by atoms with Crippen molar-refractivity contribution in [3.05, 3.63) is 35.6 Å². The number of amides is 1. The van der Waals surface area contributed by atoms with Gasteiger partial charge in [-0.2, -0.15) is 0 Å². The Morgan fingerprint density at radius 1 is 1.43 bits per heavy atom. The monoisotopic (exact) mass is 314 g/mol. The van der Waals surface area contributed by atoms with Crippen LogP contribution in [0.4, 0.5) is 4.39 Å². The zero-order valence-electron chi connectivity index (χ0n) is 12.8. The Labute approximate surface area is 132 Å². The number of rotatable bonds is 3. The molecule has 2 atom stereocenters. The van der Waals surface area contributed by atoms with E-state index in [4.69, 9.17) is 0 Å². The maximum Gasteiger partial charge on any atom is 0.230 e. The first kappa shape index (κ1) is 17.9. The van der Waals surface area contributed by atoms with Gasteiger partial charge in [-0.15, -0.1) is 12.4 Å².